The zero-order chi connectivity index (χ0) is 10.9. The van der Waals surface area contributed by atoms with Crippen molar-refractivity contribution in [1.29, 1.82) is 5.26 Å². The van der Waals surface area contributed by atoms with E-state index in [2.05, 4.69) is 13.1 Å². The second kappa shape index (κ2) is 7.74. The van der Waals surface area contributed by atoms with Gasteiger partial charge in [-0.2, -0.15) is 5.26 Å². The van der Waals surface area contributed by atoms with E-state index in [1.165, 1.54) is 0 Å². The van der Waals surface area contributed by atoms with Gasteiger partial charge in [-0.15, -0.1) is 0 Å². The summed E-state index contributed by atoms with van der Waals surface area (Å²) >= 11 is 0. The van der Waals surface area contributed by atoms with E-state index in [0.717, 1.165) is 37.3 Å². The third-order valence-corrected chi connectivity index (χ3v) is 2.43. The van der Waals surface area contributed by atoms with E-state index in [-0.39, 0.29) is 0 Å². The smallest absolute Gasteiger partial charge is 0.102 e. The fourth-order valence-corrected chi connectivity index (χ4v) is 1.28. The third-order valence-electron chi connectivity index (χ3n) is 2.43. The summed E-state index contributed by atoms with van der Waals surface area (Å²) in [5.41, 5.74) is 0. The van der Waals surface area contributed by atoms with Gasteiger partial charge in [0.15, 0.2) is 0 Å². The number of methoxy groups -OCH3 is 2. The van der Waals surface area contributed by atoms with E-state index >= 15 is 0 Å². The maximum Gasteiger partial charge on any atom is 0.102 e. The van der Waals surface area contributed by atoms with Crippen LogP contribution in [0, 0.1) is 11.3 Å². The van der Waals surface area contributed by atoms with Crippen LogP contribution in [0.2, 0.25) is 0 Å². The molecule has 0 aromatic heterocycles. The van der Waals surface area contributed by atoms with E-state index in [0.29, 0.717) is 6.42 Å². The van der Waals surface area contributed by atoms with Gasteiger partial charge in [0, 0.05) is 14.2 Å². The Morgan fingerprint density at radius 1 is 1.07 bits per heavy atom. The Kier molecular flexibility index (Phi) is 7.40. The van der Waals surface area contributed by atoms with E-state index in [9.17, 15) is 0 Å². The molecule has 0 spiro atoms. The topological polar surface area (TPSA) is 42.2 Å². The van der Waals surface area contributed by atoms with Crippen LogP contribution in [0.1, 0.15) is 6.42 Å². The lowest BCUT2D eigenvalue weighted by Crippen LogP contribution is -2.49. The second-order valence-electron chi connectivity index (χ2n) is 3.68. The van der Waals surface area contributed by atoms with E-state index in [4.69, 9.17) is 14.7 Å². The molecule has 0 saturated carbocycles. The van der Waals surface area contributed by atoms with Crippen LogP contribution in [0.15, 0.2) is 0 Å². The number of hydrogen-bond donors (Lipinski definition) is 0. The van der Waals surface area contributed by atoms with Crippen molar-refractivity contribution in [2.24, 2.45) is 0 Å². The molecule has 0 radical (unpaired) electrons. The number of hydrogen-bond acceptors (Lipinski definition) is 3. The van der Waals surface area contributed by atoms with Gasteiger partial charge in [0.1, 0.15) is 13.1 Å². The molecule has 0 saturated heterocycles. The highest BCUT2D eigenvalue weighted by Gasteiger charge is 2.20. The molecule has 0 rings (SSSR count). The van der Waals surface area contributed by atoms with Gasteiger partial charge in [-0.3, -0.25) is 0 Å². The van der Waals surface area contributed by atoms with Crippen molar-refractivity contribution >= 4 is 0 Å². The Morgan fingerprint density at radius 2 is 1.57 bits per heavy atom. The highest BCUT2D eigenvalue weighted by molar-refractivity contribution is 4.67. The molecule has 0 aromatic carbocycles. The summed E-state index contributed by atoms with van der Waals surface area (Å²) in [6.45, 7) is 4.18. The van der Waals surface area contributed by atoms with Gasteiger partial charge in [0.2, 0.25) is 0 Å². The molecule has 0 aliphatic heterocycles. The van der Waals surface area contributed by atoms with Crippen molar-refractivity contribution in [3.63, 3.8) is 0 Å². The van der Waals surface area contributed by atoms with Crippen LogP contribution in [0.4, 0.5) is 0 Å². The molecule has 0 N–H and O–H groups in total. The summed E-state index contributed by atoms with van der Waals surface area (Å²) in [5.74, 6) is 0. The molecule has 0 aliphatic rings. The summed E-state index contributed by atoms with van der Waals surface area (Å²) in [6, 6.07) is 2.18. The zero-order valence-electron chi connectivity index (χ0n) is 9.45. The molecular formula is C10H21N2O2+. The maximum absolute atomic E-state index is 8.56. The van der Waals surface area contributed by atoms with Crippen molar-refractivity contribution < 1.29 is 14.0 Å². The average Bonchev–Trinajstić information content (AvgIpc) is 2.21. The molecule has 0 heterocycles. The highest BCUT2D eigenvalue weighted by Crippen LogP contribution is 2.03. The van der Waals surface area contributed by atoms with E-state index < -0.39 is 0 Å². The number of likely N-dealkylation sites (N-methyl/N-ethyl adjacent to an activating group) is 1. The Morgan fingerprint density at radius 3 is 1.93 bits per heavy atom. The number of nitrogens with zero attached hydrogens (tertiary/aromatic N) is 2. The Hall–Kier alpha value is -0.630. The maximum atomic E-state index is 8.56. The molecule has 0 aliphatic carbocycles. The first-order valence-electron chi connectivity index (χ1n) is 4.87. The molecule has 0 amide bonds. The number of ether oxygens (including phenoxy) is 2. The Bertz CT molecular complexity index is 169. The van der Waals surface area contributed by atoms with Crippen LogP contribution in [-0.4, -0.2) is 58.6 Å². The minimum atomic E-state index is 0.587. The number of rotatable bonds is 8. The Balaban J connectivity index is 3.97. The van der Waals surface area contributed by atoms with Gasteiger partial charge in [-0.05, 0) is 0 Å². The minimum absolute atomic E-state index is 0.587. The summed E-state index contributed by atoms with van der Waals surface area (Å²) in [7, 11) is 5.53. The average molecular weight is 201 g/mol. The first-order chi connectivity index (χ1) is 6.68. The quantitative estimate of drug-likeness (QED) is 0.541. The van der Waals surface area contributed by atoms with Gasteiger partial charge < -0.3 is 14.0 Å². The molecule has 14 heavy (non-hydrogen) atoms. The molecule has 0 bridgehead atoms. The van der Waals surface area contributed by atoms with Gasteiger partial charge in [-0.25, -0.2) is 0 Å². The Labute approximate surface area is 86.6 Å². The van der Waals surface area contributed by atoms with Crippen molar-refractivity contribution in [1.82, 2.24) is 0 Å². The summed E-state index contributed by atoms with van der Waals surface area (Å²) in [5, 5.41) is 8.56. The molecule has 82 valence electrons. The van der Waals surface area contributed by atoms with Crippen molar-refractivity contribution in [3.05, 3.63) is 0 Å². The van der Waals surface area contributed by atoms with E-state index in [1.807, 2.05) is 0 Å². The predicted octanol–water partition coefficient (Wildman–Crippen LogP) is 0.639. The van der Waals surface area contributed by atoms with Gasteiger partial charge in [0.25, 0.3) is 0 Å². The second-order valence-corrected chi connectivity index (χ2v) is 3.68. The third kappa shape index (κ3) is 5.92. The highest BCUT2D eigenvalue weighted by atomic mass is 16.5. The van der Waals surface area contributed by atoms with Crippen LogP contribution >= 0.6 is 0 Å². The molecule has 0 unspecified atom stereocenters. The SMILES string of the molecule is COCC[N+](C)(CCC#N)CCOC. The van der Waals surface area contributed by atoms with Crippen LogP contribution in [-0.2, 0) is 9.47 Å². The standard InChI is InChI=1S/C10H21N2O2/c1-12(6-4-5-11,7-9-13-2)8-10-14-3/h4,6-10H2,1-3H3/q+1. The molecule has 4 heteroatoms. The van der Waals surface area contributed by atoms with Crippen LogP contribution < -0.4 is 0 Å². The molecule has 0 fully saturated rings. The molecule has 0 atom stereocenters. The summed E-state index contributed by atoms with van der Waals surface area (Å²) in [4.78, 5) is 0. The first kappa shape index (κ1) is 13.4. The number of quaternary nitrogens is 1. The normalized spacial score (nSPS) is 11.3. The minimum Gasteiger partial charge on any atom is -0.379 e. The zero-order valence-corrected chi connectivity index (χ0v) is 9.45. The largest absolute Gasteiger partial charge is 0.379 e. The fourth-order valence-electron chi connectivity index (χ4n) is 1.28. The lowest BCUT2D eigenvalue weighted by molar-refractivity contribution is -0.909. The summed E-state index contributed by atoms with van der Waals surface area (Å²) in [6.07, 6.45) is 0.587. The first-order valence-corrected chi connectivity index (χ1v) is 4.87. The van der Waals surface area contributed by atoms with Gasteiger partial charge in [-0.1, -0.05) is 0 Å². The lowest BCUT2D eigenvalue weighted by atomic mass is 10.3. The van der Waals surface area contributed by atoms with Crippen molar-refractivity contribution in [2.45, 2.75) is 6.42 Å². The molecule has 4 nitrogen and oxygen atoms in total. The van der Waals surface area contributed by atoms with Crippen LogP contribution in [0.5, 0.6) is 0 Å². The van der Waals surface area contributed by atoms with Crippen molar-refractivity contribution in [3.8, 4) is 6.07 Å². The monoisotopic (exact) mass is 201 g/mol. The van der Waals surface area contributed by atoms with Crippen molar-refractivity contribution in [2.75, 3.05) is 54.1 Å². The van der Waals surface area contributed by atoms with Gasteiger partial charge in [0.05, 0.1) is 39.3 Å². The molecule has 0 aromatic rings. The fraction of sp³-hybridized carbons (Fsp3) is 0.900. The molecular weight excluding hydrogens is 180 g/mol. The predicted molar refractivity (Wildman–Crippen MR) is 54.8 cm³/mol. The van der Waals surface area contributed by atoms with Crippen LogP contribution in [0.25, 0.3) is 0 Å². The van der Waals surface area contributed by atoms with E-state index in [1.54, 1.807) is 14.2 Å². The summed E-state index contributed by atoms with van der Waals surface area (Å²) < 4.78 is 11.0. The lowest BCUT2D eigenvalue weighted by Gasteiger charge is -2.33. The van der Waals surface area contributed by atoms with Gasteiger partial charge >= 0.3 is 0 Å². The van der Waals surface area contributed by atoms with Crippen LogP contribution in [0.3, 0.4) is 0 Å². The number of nitriles is 1.